The molecule has 5 nitrogen and oxygen atoms in total. The maximum atomic E-state index is 11.9. The molecule has 0 saturated carbocycles. The average molecular weight is 258 g/mol. The molecule has 0 N–H and O–H groups in total. The minimum absolute atomic E-state index is 0.161. The molecule has 1 aromatic heterocycles. The Kier molecular flexibility index (Phi) is 5.31. The van der Waals surface area contributed by atoms with E-state index in [1.807, 2.05) is 13.8 Å². The molecule has 0 aliphatic carbocycles. The van der Waals surface area contributed by atoms with Gasteiger partial charge in [0.05, 0.1) is 12.7 Å². The normalized spacial score (nSPS) is 10.6. The lowest BCUT2D eigenvalue weighted by Gasteiger charge is -2.17. The number of halogens is 1. The van der Waals surface area contributed by atoms with Gasteiger partial charge in [-0.1, -0.05) is 11.6 Å². The van der Waals surface area contributed by atoms with Crippen LogP contribution < -0.4 is 0 Å². The summed E-state index contributed by atoms with van der Waals surface area (Å²) >= 11 is 5.60. The Morgan fingerprint density at radius 3 is 2.71 bits per heavy atom. The molecule has 0 saturated heterocycles. The number of aromatic nitrogens is 2. The summed E-state index contributed by atoms with van der Waals surface area (Å²) in [6, 6.07) is 3.09. The molecule has 0 radical (unpaired) electrons. The third-order valence-corrected chi connectivity index (χ3v) is 2.28. The largest absolute Gasteiger partial charge is 0.377 e. The summed E-state index contributed by atoms with van der Waals surface area (Å²) in [5.74, 6) is -0.193. The summed E-state index contributed by atoms with van der Waals surface area (Å²) in [6.07, 6.45) is 0.161. The molecule has 94 valence electrons. The highest BCUT2D eigenvalue weighted by atomic mass is 35.5. The van der Waals surface area contributed by atoms with Gasteiger partial charge in [0.25, 0.3) is 5.91 Å². The number of rotatable bonds is 5. The highest BCUT2D eigenvalue weighted by Gasteiger charge is 2.13. The van der Waals surface area contributed by atoms with Gasteiger partial charge in [0.1, 0.15) is 0 Å². The third kappa shape index (κ3) is 4.66. The van der Waals surface area contributed by atoms with E-state index in [9.17, 15) is 4.79 Å². The van der Waals surface area contributed by atoms with Gasteiger partial charge in [-0.2, -0.15) is 0 Å². The number of nitrogens with zero attached hydrogens (tertiary/aromatic N) is 3. The number of likely N-dealkylation sites (N-methyl/N-ethyl adjacent to an activating group) is 1. The molecule has 1 aromatic rings. The van der Waals surface area contributed by atoms with Crippen molar-refractivity contribution in [2.75, 3.05) is 20.2 Å². The molecule has 1 rings (SSSR count). The van der Waals surface area contributed by atoms with E-state index in [1.54, 1.807) is 24.1 Å². The van der Waals surface area contributed by atoms with E-state index in [0.717, 1.165) is 0 Å². The van der Waals surface area contributed by atoms with Crippen LogP contribution in [0.25, 0.3) is 0 Å². The molecular weight excluding hydrogens is 242 g/mol. The molecule has 1 amide bonds. The topological polar surface area (TPSA) is 55.3 Å². The van der Waals surface area contributed by atoms with Crippen LogP contribution in [0.1, 0.15) is 24.3 Å². The van der Waals surface area contributed by atoms with Crippen LogP contribution in [-0.2, 0) is 4.74 Å². The van der Waals surface area contributed by atoms with Crippen LogP contribution in [0.3, 0.4) is 0 Å². The van der Waals surface area contributed by atoms with Crippen molar-refractivity contribution in [3.63, 3.8) is 0 Å². The molecule has 0 bridgehead atoms. The first kappa shape index (κ1) is 13.9. The molecule has 0 aliphatic rings. The van der Waals surface area contributed by atoms with E-state index >= 15 is 0 Å². The molecular formula is C11H16ClN3O2. The van der Waals surface area contributed by atoms with Crippen LogP contribution >= 0.6 is 11.6 Å². The zero-order valence-corrected chi connectivity index (χ0v) is 10.9. The predicted molar refractivity (Wildman–Crippen MR) is 65.1 cm³/mol. The van der Waals surface area contributed by atoms with Crippen molar-refractivity contribution >= 4 is 17.5 Å². The van der Waals surface area contributed by atoms with E-state index in [2.05, 4.69) is 10.2 Å². The molecule has 0 aromatic carbocycles. The highest BCUT2D eigenvalue weighted by Crippen LogP contribution is 2.04. The SMILES string of the molecule is CC(C)OCCN(C)C(=O)c1ccc(Cl)nn1. The standard InChI is InChI=1S/C11H16ClN3O2/c1-8(2)17-7-6-15(3)11(16)9-4-5-10(12)14-13-9/h4-5,8H,6-7H2,1-3H3. The van der Waals surface area contributed by atoms with Gasteiger partial charge in [0.2, 0.25) is 0 Å². The number of carbonyl (C=O) groups is 1. The average Bonchev–Trinajstić information content (AvgIpc) is 2.28. The Morgan fingerprint density at radius 2 is 2.18 bits per heavy atom. The Balaban J connectivity index is 2.49. The van der Waals surface area contributed by atoms with Gasteiger partial charge in [-0.15, -0.1) is 10.2 Å². The Labute approximate surface area is 106 Å². The summed E-state index contributed by atoms with van der Waals surface area (Å²) < 4.78 is 5.37. The van der Waals surface area contributed by atoms with Gasteiger partial charge < -0.3 is 9.64 Å². The second kappa shape index (κ2) is 6.51. The lowest BCUT2D eigenvalue weighted by atomic mass is 10.3. The van der Waals surface area contributed by atoms with E-state index in [0.29, 0.717) is 13.2 Å². The van der Waals surface area contributed by atoms with Crippen molar-refractivity contribution in [2.45, 2.75) is 20.0 Å². The maximum Gasteiger partial charge on any atom is 0.274 e. The Bertz CT molecular complexity index is 367. The van der Waals surface area contributed by atoms with Crippen molar-refractivity contribution in [3.05, 3.63) is 23.0 Å². The summed E-state index contributed by atoms with van der Waals surface area (Å²) in [7, 11) is 1.70. The second-order valence-corrected chi connectivity index (χ2v) is 4.27. The first-order chi connectivity index (χ1) is 8.00. The highest BCUT2D eigenvalue weighted by molar-refractivity contribution is 6.29. The molecule has 1 heterocycles. The number of hydrogen-bond acceptors (Lipinski definition) is 4. The monoisotopic (exact) mass is 257 g/mol. The zero-order valence-electron chi connectivity index (χ0n) is 10.2. The molecule has 0 unspecified atom stereocenters. The summed E-state index contributed by atoms with van der Waals surface area (Å²) in [6.45, 7) is 4.92. The van der Waals surface area contributed by atoms with E-state index in [4.69, 9.17) is 16.3 Å². The van der Waals surface area contributed by atoms with Gasteiger partial charge >= 0.3 is 0 Å². The minimum atomic E-state index is -0.193. The number of hydrogen-bond donors (Lipinski definition) is 0. The molecule has 6 heteroatoms. The molecule has 0 aliphatic heterocycles. The molecule has 0 spiro atoms. The van der Waals surface area contributed by atoms with Crippen LogP contribution in [0.5, 0.6) is 0 Å². The van der Waals surface area contributed by atoms with Crippen LogP contribution in [0, 0.1) is 0 Å². The number of ether oxygens (including phenoxy) is 1. The lowest BCUT2D eigenvalue weighted by Crippen LogP contribution is -2.31. The van der Waals surface area contributed by atoms with Crippen molar-refractivity contribution in [3.8, 4) is 0 Å². The van der Waals surface area contributed by atoms with Gasteiger partial charge in [-0.05, 0) is 26.0 Å². The quantitative estimate of drug-likeness (QED) is 0.805. The third-order valence-electron chi connectivity index (χ3n) is 2.08. The van der Waals surface area contributed by atoms with Crippen LogP contribution in [0.15, 0.2) is 12.1 Å². The first-order valence-corrected chi connectivity index (χ1v) is 5.75. The number of amides is 1. The van der Waals surface area contributed by atoms with Gasteiger partial charge in [0.15, 0.2) is 10.8 Å². The van der Waals surface area contributed by atoms with Crippen molar-refractivity contribution in [2.24, 2.45) is 0 Å². The van der Waals surface area contributed by atoms with Gasteiger partial charge in [-0.25, -0.2) is 0 Å². The van der Waals surface area contributed by atoms with Crippen molar-refractivity contribution in [1.29, 1.82) is 0 Å². The fourth-order valence-corrected chi connectivity index (χ4v) is 1.25. The van der Waals surface area contributed by atoms with Gasteiger partial charge in [0, 0.05) is 13.6 Å². The lowest BCUT2D eigenvalue weighted by molar-refractivity contribution is 0.0528. The van der Waals surface area contributed by atoms with Crippen LogP contribution in [0.2, 0.25) is 5.15 Å². The summed E-state index contributed by atoms with van der Waals surface area (Å²) in [4.78, 5) is 13.4. The van der Waals surface area contributed by atoms with Crippen molar-refractivity contribution in [1.82, 2.24) is 15.1 Å². The number of carbonyl (C=O) groups excluding carboxylic acids is 1. The second-order valence-electron chi connectivity index (χ2n) is 3.89. The van der Waals surface area contributed by atoms with E-state index < -0.39 is 0 Å². The first-order valence-electron chi connectivity index (χ1n) is 5.37. The van der Waals surface area contributed by atoms with Gasteiger partial charge in [-0.3, -0.25) is 4.79 Å². The van der Waals surface area contributed by atoms with Crippen LogP contribution in [-0.4, -0.2) is 47.3 Å². The summed E-state index contributed by atoms with van der Waals surface area (Å²) in [5.41, 5.74) is 0.279. The molecule has 17 heavy (non-hydrogen) atoms. The zero-order chi connectivity index (χ0) is 12.8. The predicted octanol–water partition coefficient (Wildman–Crippen LogP) is 1.63. The fourth-order valence-electron chi connectivity index (χ4n) is 1.15. The van der Waals surface area contributed by atoms with E-state index in [-0.39, 0.29) is 22.9 Å². The summed E-state index contributed by atoms with van der Waals surface area (Å²) in [5, 5.41) is 7.63. The maximum absolute atomic E-state index is 11.9. The minimum Gasteiger partial charge on any atom is -0.377 e. The smallest absolute Gasteiger partial charge is 0.274 e. The van der Waals surface area contributed by atoms with Crippen LogP contribution in [0.4, 0.5) is 0 Å². The van der Waals surface area contributed by atoms with E-state index in [1.165, 1.54) is 0 Å². The fraction of sp³-hybridized carbons (Fsp3) is 0.545. The Morgan fingerprint density at radius 1 is 1.47 bits per heavy atom. The Hall–Kier alpha value is -1.20. The molecule has 0 fully saturated rings. The van der Waals surface area contributed by atoms with Crippen molar-refractivity contribution < 1.29 is 9.53 Å². The molecule has 0 atom stereocenters.